The maximum absolute atomic E-state index is 11.9. The number of aryl methyl sites for hydroxylation is 1. The molecule has 0 saturated carbocycles. The quantitative estimate of drug-likeness (QED) is 0.613. The van der Waals surface area contributed by atoms with Crippen molar-refractivity contribution in [3.05, 3.63) is 71.1 Å². The van der Waals surface area contributed by atoms with Crippen LogP contribution in [0.5, 0.6) is 5.75 Å². The molecule has 0 spiro atoms. The molecule has 0 radical (unpaired) electrons. The molecule has 0 aliphatic carbocycles. The van der Waals surface area contributed by atoms with Gasteiger partial charge in [-0.2, -0.15) is 0 Å². The predicted molar refractivity (Wildman–Crippen MR) is 107 cm³/mol. The van der Waals surface area contributed by atoms with Crippen LogP contribution in [0.25, 0.3) is 6.08 Å². The first-order chi connectivity index (χ1) is 12.9. The van der Waals surface area contributed by atoms with Gasteiger partial charge in [-0.25, -0.2) is 13.1 Å². The number of amides is 1. The Balaban J connectivity index is 1.62. The summed E-state index contributed by atoms with van der Waals surface area (Å²) in [6.07, 6.45) is 1.56. The van der Waals surface area contributed by atoms with Crippen molar-refractivity contribution in [1.82, 2.24) is 10.0 Å². The maximum Gasteiger partial charge on any atom is 0.233 e. The lowest BCUT2D eigenvalue weighted by atomic mass is 10.2. The highest BCUT2D eigenvalue weighted by molar-refractivity contribution is 7.92. The minimum atomic E-state index is -3.58. The number of ether oxygens (including phenoxy) is 1. The number of sulfonamides is 1. The zero-order valence-corrected chi connectivity index (χ0v) is 16.0. The van der Waals surface area contributed by atoms with E-state index in [-0.39, 0.29) is 18.9 Å². The third-order valence-corrected chi connectivity index (χ3v) is 4.71. The SMILES string of the molecule is Cc1ccc(OCCNC(=O)CCNS(=O)(=O)/C=C/c2ccccc2)cc1. The molecule has 1 amide bonds. The van der Waals surface area contributed by atoms with E-state index >= 15 is 0 Å². The van der Waals surface area contributed by atoms with Crippen LogP contribution in [0, 0.1) is 6.92 Å². The van der Waals surface area contributed by atoms with E-state index in [4.69, 9.17) is 4.74 Å². The van der Waals surface area contributed by atoms with Gasteiger partial charge >= 0.3 is 0 Å². The Bertz CT molecular complexity index is 847. The van der Waals surface area contributed by atoms with Crippen molar-refractivity contribution in [2.75, 3.05) is 19.7 Å². The van der Waals surface area contributed by atoms with Crippen LogP contribution in [0.15, 0.2) is 60.0 Å². The normalized spacial score (nSPS) is 11.4. The van der Waals surface area contributed by atoms with Crippen molar-refractivity contribution in [2.45, 2.75) is 13.3 Å². The molecule has 2 aromatic carbocycles. The van der Waals surface area contributed by atoms with E-state index in [0.717, 1.165) is 22.3 Å². The van der Waals surface area contributed by atoms with Crippen LogP contribution in [0.1, 0.15) is 17.5 Å². The minimum absolute atomic E-state index is 0.0338. The average molecular weight is 388 g/mol. The van der Waals surface area contributed by atoms with E-state index < -0.39 is 10.0 Å². The molecule has 0 aliphatic heterocycles. The highest BCUT2D eigenvalue weighted by atomic mass is 32.2. The van der Waals surface area contributed by atoms with E-state index in [1.807, 2.05) is 49.4 Å². The van der Waals surface area contributed by atoms with Gasteiger partial charge in [0, 0.05) is 18.4 Å². The zero-order valence-electron chi connectivity index (χ0n) is 15.2. The Kier molecular flexibility index (Phi) is 8.03. The summed E-state index contributed by atoms with van der Waals surface area (Å²) in [4.78, 5) is 11.7. The van der Waals surface area contributed by atoms with Crippen LogP contribution < -0.4 is 14.8 Å². The van der Waals surface area contributed by atoms with Crippen LogP contribution in [-0.4, -0.2) is 34.0 Å². The molecule has 7 heteroatoms. The zero-order chi connectivity index (χ0) is 19.5. The number of hydrogen-bond donors (Lipinski definition) is 2. The van der Waals surface area contributed by atoms with Gasteiger partial charge in [-0.3, -0.25) is 4.79 Å². The lowest BCUT2D eigenvalue weighted by molar-refractivity contribution is -0.121. The average Bonchev–Trinajstić information content (AvgIpc) is 2.66. The largest absolute Gasteiger partial charge is 0.492 e. The Labute approximate surface area is 160 Å². The number of carbonyl (C=O) groups is 1. The second kappa shape index (κ2) is 10.5. The fourth-order valence-electron chi connectivity index (χ4n) is 2.17. The molecule has 27 heavy (non-hydrogen) atoms. The molecule has 0 heterocycles. The molecule has 2 aromatic rings. The maximum atomic E-state index is 11.9. The van der Waals surface area contributed by atoms with Crippen molar-refractivity contribution in [2.24, 2.45) is 0 Å². The number of rotatable bonds is 10. The topological polar surface area (TPSA) is 84.5 Å². The minimum Gasteiger partial charge on any atom is -0.492 e. The summed E-state index contributed by atoms with van der Waals surface area (Å²) in [5, 5.41) is 3.78. The van der Waals surface area contributed by atoms with Crippen LogP contribution in [-0.2, 0) is 14.8 Å². The van der Waals surface area contributed by atoms with E-state index in [1.165, 1.54) is 6.08 Å². The van der Waals surface area contributed by atoms with Crippen LogP contribution >= 0.6 is 0 Å². The van der Waals surface area contributed by atoms with Crippen LogP contribution in [0.4, 0.5) is 0 Å². The monoisotopic (exact) mass is 388 g/mol. The van der Waals surface area contributed by atoms with Crippen molar-refractivity contribution in [3.63, 3.8) is 0 Å². The Hall–Kier alpha value is -2.64. The molecule has 6 nitrogen and oxygen atoms in total. The molecule has 2 rings (SSSR count). The fraction of sp³-hybridized carbons (Fsp3) is 0.250. The smallest absolute Gasteiger partial charge is 0.233 e. The summed E-state index contributed by atoms with van der Waals surface area (Å²) < 4.78 is 31.6. The molecule has 0 aliphatic rings. The van der Waals surface area contributed by atoms with Gasteiger partial charge in [0.15, 0.2) is 0 Å². The number of nitrogens with one attached hydrogen (secondary N) is 2. The Morgan fingerprint density at radius 1 is 1.04 bits per heavy atom. The van der Waals surface area contributed by atoms with Gasteiger partial charge in [-0.05, 0) is 30.7 Å². The van der Waals surface area contributed by atoms with E-state index in [1.54, 1.807) is 12.1 Å². The first-order valence-corrected chi connectivity index (χ1v) is 10.2. The molecule has 0 saturated heterocycles. The van der Waals surface area contributed by atoms with Crippen molar-refractivity contribution < 1.29 is 17.9 Å². The summed E-state index contributed by atoms with van der Waals surface area (Å²) in [6, 6.07) is 16.8. The number of hydrogen-bond acceptors (Lipinski definition) is 4. The molecule has 0 aromatic heterocycles. The summed E-state index contributed by atoms with van der Waals surface area (Å²) in [6.45, 7) is 2.73. The Morgan fingerprint density at radius 2 is 1.74 bits per heavy atom. The van der Waals surface area contributed by atoms with Gasteiger partial charge in [-0.15, -0.1) is 0 Å². The lowest BCUT2D eigenvalue weighted by Gasteiger charge is -2.08. The molecule has 144 valence electrons. The predicted octanol–water partition coefficient (Wildman–Crippen LogP) is 2.47. The fourth-order valence-corrected chi connectivity index (χ4v) is 2.99. The van der Waals surface area contributed by atoms with Gasteiger partial charge in [0.2, 0.25) is 15.9 Å². The van der Waals surface area contributed by atoms with E-state index in [9.17, 15) is 13.2 Å². The number of carbonyl (C=O) groups excluding carboxylic acids is 1. The summed E-state index contributed by atoms with van der Waals surface area (Å²) in [7, 11) is -3.58. The molecule has 0 unspecified atom stereocenters. The Morgan fingerprint density at radius 3 is 2.44 bits per heavy atom. The van der Waals surface area contributed by atoms with E-state index in [0.29, 0.717) is 13.2 Å². The number of benzene rings is 2. The first kappa shape index (κ1) is 20.7. The third kappa shape index (κ3) is 8.52. The molecular weight excluding hydrogens is 364 g/mol. The molecule has 2 N–H and O–H groups in total. The third-order valence-electron chi connectivity index (χ3n) is 3.61. The molecule has 0 atom stereocenters. The lowest BCUT2D eigenvalue weighted by Crippen LogP contribution is -2.32. The highest BCUT2D eigenvalue weighted by Crippen LogP contribution is 2.10. The van der Waals surface area contributed by atoms with Gasteiger partial charge in [0.05, 0.1) is 6.54 Å². The summed E-state index contributed by atoms with van der Waals surface area (Å²) in [5.74, 6) is 0.505. The highest BCUT2D eigenvalue weighted by Gasteiger charge is 2.07. The van der Waals surface area contributed by atoms with Gasteiger partial charge in [-0.1, -0.05) is 48.0 Å². The van der Waals surface area contributed by atoms with Gasteiger partial charge < -0.3 is 10.1 Å². The summed E-state index contributed by atoms with van der Waals surface area (Å²) in [5.41, 5.74) is 1.94. The van der Waals surface area contributed by atoms with Crippen LogP contribution in [0.2, 0.25) is 0 Å². The molecule has 0 fully saturated rings. The van der Waals surface area contributed by atoms with E-state index in [2.05, 4.69) is 10.0 Å². The van der Waals surface area contributed by atoms with Crippen molar-refractivity contribution in [3.8, 4) is 5.75 Å². The second-order valence-corrected chi connectivity index (χ2v) is 7.57. The van der Waals surface area contributed by atoms with Gasteiger partial charge in [0.25, 0.3) is 0 Å². The first-order valence-electron chi connectivity index (χ1n) is 8.63. The summed E-state index contributed by atoms with van der Waals surface area (Å²) >= 11 is 0. The van der Waals surface area contributed by atoms with Crippen molar-refractivity contribution in [1.29, 1.82) is 0 Å². The second-order valence-electron chi connectivity index (χ2n) is 5.91. The van der Waals surface area contributed by atoms with Gasteiger partial charge in [0.1, 0.15) is 12.4 Å². The molecule has 0 bridgehead atoms. The standard InChI is InChI=1S/C20H24N2O4S/c1-17-7-9-19(10-8-17)26-15-14-21-20(23)11-13-22-27(24,25)16-12-18-5-3-2-4-6-18/h2-10,12,16,22H,11,13-15H2,1H3,(H,21,23)/b16-12+. The molecular formula is C20H24N2O4S. The van der Waals surface area contributed by atoms with Crippen molar-refractivity contribution >= 4 is 22.0 Å². The van der Waals surface area contributed by atoms with Crippen LogP contribution in [0.3, 0.4) is 0 Å².